The molecule has 0 spiro atoms. The first-order chi connectivity index (χ1) is 10.1. The van der Waals surface area contributed by atoms with Gasteiger partial charge in [-0.1, -0.05) is 0 Å². The Labute approximate surface area is 120 Å². The number of aliphatic carboxylic acids is 1. The maximum Gasteiger partial charge on any atom is 0.203 e. The number of ether oxygens (including phenoxy) is 3. The predicted molar refractivity (Wildman–Crippen MR) is 67.9 cm³/mol. The van der Waals surface area contributed by atoms with Crippen LogP contribution in [0.4, 0.5) is 0 Å². The van der Waals surface area contributed by atoms with Crippen LogP contribution in [0, 0.1) is 0 Å². The third-order valence-electron chi connectivity index (χ3n) is 2.73. The molecule has 0 aliphatic heterocycles. The summed E-state index contributed by atoms with van der Waals surface area (Å²) in [7, 11) is 4.44. The SMILES string of the molecule is COc1cc(-c2nnnn2CC(=O)[O-])cc(OC)c1OC. The molecule has 0 unspecified atom stereocenters. The zero-order valence-corrected chi connectivity index (χ0v) is 11.7. The summed E-state index contributed by atoms with van der Waals surface area (Å²) in [6, 6.07) is 3.25. The van der Waals surface area contributed by atoms with Crippen molar-refractivity contribution in [3.8, 4) is 28.6 Å². The first-order valence-corrected chi connectivity index (χ1v) is 5.87. The Kier molecular flexibility index (Phi) is 4.21. The van der Waals surface area contributed by atoms with Crippen LogP contribution >= 0.6 is 0 Å². The number of hydrogen-bond acceptors (Lipinski definition) is 8. The number of rotatable bonds is 6. The molecule has 2 aromatic rings. The Balaban J connectivity index is 2.54. The monoisotopic (exact) mass is 293 g/mol. The van der Waals surface area contributed by atoms with Gasteiger partial charge in [-0.05, 0) is 22.6 Å². The second-order valence-electron chi connectivity index (χ2n) is 3.95. The molecule has 1 aromatic carbocycles. The van der Waals surface area contributed by atoms with Crippen molar-refractivity contribution in [1.82, 2.24) is 20.2 Å². The van der Waals surface area contributed by atoms with Crippen LogP contribution in [0.3, 0.4) is 0 Å². The van der Waals surface area contributed by atoms with Crippen molar-refractivity contribution in [3.63, 3.8) is 0 Å². The van der Waals surface area contributed by atoms with E-state index in [0.717, 1.165) is 4.68 Å². The van der Waals surface area contributed by atoms with Crippen molar-refractivity contribution in [3.05, 3.63) is 12.1 Å². The topological polar surface area (TPSA) is 111 Å². The van der Waals surface area contributed by atoms with Gasteiger partial charge in [0.1, 0.15) is 0 Å². The number of methoxy groups -OCH3 is 3. The number of hydrogen-bond donors (Lipinski definition) is 0. The molecule has 112 valence electrons. The molecule has 2 rings (SSSR count). The van der Waals surface area contributed by atoms with Gasteiger partial charge in [-0.15, -0.1) is 5.10 Å². The largest absolute Gasteiger partial charge is 0.548 e. The van der Waals surface area contributed by atoms with Crippen LogP contribution in [0.2, 0.25) is 0 Å². The minimum atomic E-state index is -1.30. The van der Waals surface area contributed by atoms with E-state index in [0.29, 0.717) is 22.8 Å². The lowest BCUT2D eigenvalue weighted by Gasteiger charge is -2.14. The van der Waals surface area contributed by atoms with E-state index in [4.69, 9.17) is 14.2 Å². The molecule has 0 amide bonds. The van der Waals surface area contributed by atoms with Gasteiger partial charge < -0.3 is 24.1 Å². The minimum absolute atomic E-state index is 0.249. The summed E-state index contributed by atoms with van der Waals surface area (Å²) in [4.78, 5) is 10.7. The fraction of sp³-hybridized carbons (Fsp3) is 0.333. The van der Waals surface area contributed by atoms with Gasteiger partial charge in [0.15, 0.2) is 17.3 Å². The molecule has 0 aliphatic rings. The Bertz CT molecular complexity index is 630. The third kappa shape index (κ3) is 2.86. The third-order valence-corrected chi connectivity index (χ3v) is 2.73. The van der Waals surface area contributed by atoms with Crippen molar-refractivity contribution < 1.29 is 24.1 Å². The van der Waals surface area contributed by atoms with Crippen LogP contribution in [0.15, 0.2) is 12.1 Å². The van der Waals surface area contributed by atoms with Gasteiger partial charge >= 0.3 is 0 Å². The summed E-state index contributed by atoms with van der Waals surface area (Å²) in [5, 5.41) is 21.6. The van der Waals surface area contributed by atoms with E-state index >= 15 is 0 Å². The van der Waals surface area contributed by atoms with Crippen LogP contribution in [0.5, 0.6) is 17.2 Å². The van der Waals surface area contributed by atoms with Gasteiger partial charge in [0.25, 0.3) is 0 Å². The van der Waals surface area contributed by atoms with Crippen LogP contribution in [0.1, 0.15) is 0 Å². The summed E-state index contributed by atoms with van der Waals surface area (Å²) in [6.07, 6.45) is 0. The molecule has 9 heteroatoms. The lowest BCUT2D eigenvalue weighted by molar-refractivity contribution is -0.306. The first-order valence-electron chi connectivity index (χ1n) is 5.87. The van der Waals surface area contributed by atoms with Crippen molar-refractivity contribution >= 4 is 5.97 Å². The number of carboxylic acid groups (broad SMARTS) is 1. The molecule has 0 N–H and O–H groups in total. The van der Waals surface area contributed by atoms with Gasteiger partial charge in [0.2, 0.25) is 5.75 Å². The van der Waals surface area contributed by atoms with Crippen molar-refractivity contribution in [2.45, 2.75) is 6.54 Å². The molecule has 1 heterocycles. The normalized spacial score (nSPS) is 10.2. The molecule has 0 radical (unpaired) electrons. The number of nitrogens with zero attached hydrogens (tertiary/aromatic N) is 4. The van der Waals surface area contributed by atoms with Crippen molar-refractivity contribution in [2.24, 2.45) is 0 Å². The summed E-state index contributed by atoms with van der Waals surface area (Å²) in [6.45, 7) is -0.459. The molecule has 1 aromatic heterocycles. The highest BCUT2D eigenvalue weighted by Crippen LogP contribution is 2.40. The van der Waals surface area contributed by atoms with Crippen LogP contribution in [0.25, 0.3) is 11.4 Å². The summed E-state index contributed by atoms with van der Waals surface area (Å²) in [5.41, 5.74) is 0.524. The molecule has 0 atom stereocenters. The second kappa shape index (κ2) is 6.07. The van der Waals surface area contributed by atoms with Crippen molar-refractivity contribution in [2.75, 3.05) is 21.3 Å². The quantitative estimate of drug-likeness (QED) is 0.674. The zero-order chi connectivity index (χ0) is 15.4. The lowest BCUT2D eigenvalue weighted by atomic mass is 10.1. The van der Waals surface area contributed by atoms with E-state index in [9.17, 15) is 9.90 Å². The molecule has 0 aliphatic carbocycles. The highest BCUT2D eigenvalue weighted by atomic mass is 16.5. The highest BCUT2D eigenvalue weighted by Gasteiger charge is 2.17. The molecule has 9 nitrogen and oxygen atoms in total. The molecule has 21 heavy (non-hydrogen) atoms. The van der Waals surface area contributed by atoms with Crippen LogP contribution < -0.4 is 19.3 Å². The fourth-order valence-corrected chi connectivity index (χ4v) is 1.85. The molecular formula is C12H13N4O5-. The summed E-state index contributed by atoms with van der Waals surface area (Å²) < 4.78 is 16.8. The highest BCUT2D eigenvalue weighted by molar-refractivity contribution is 5.68. The number of carboxylic acids is 1. The van der Waals surface area contributed by atoms with E-state index in [1.54, 1.807) is 12.1 Å². The first kappa shape index (κ1) is 14.6. The van der Waals surface area contributed by atoms with Gasteiger partial charge in [0, 0.05) is 5.56 Å². The standard InChI is InChI=1S/C12H14N4O5/c1-19-8-4-7(5-9(20-2)11(8)21-3)12-13-14-15-16(12)6-10(17)18/h4-5H,6H2,1-3H3,(H,17,18)/p-1. The predicted octanol–water partition coefficient (Wildman–Crippen LogP) is -0.884. The van der Waals surface area contributed by atoms with E-state index in [1.807, 2.05) is 0 Å². The van der Waals surface area contributed by atoms with Gasteiger partial charge in [0.05, 0.1) is 33.8 Å². The molecular weight excluding hydrogens is 280 g/mol. The van der Waals surface area contributed by atoms with Gasteiger partial charge in [-0.25, -0.2) is 4.68 Å². The molecule has 0 saturated heterocycles. The average molecular weight is 293 g/mol. The number of carbonyl (C=O) groups is 1. The molecule has 0 bridgehead atoms. The lowest BCUT2D eigenvalue weighted by Crippen LogP contribution is -2.28. The molecule has 0 fully saturated rings. The number of carbonyl (C=O) groups excluding carboxylic acids is 1. The average Bonchev–Trinajstić information content (AvgIpc) is 2.92. The van der Waals surface area contributed by atoms with E-state index in [2.05, 4.69) is 15.5 Å². The van der Waals surface area contributed by atoms with Crippen LogP contribution in [-0.2, 0) is 11.3 Å². The van der Waals surface area contributed by atoms with E-state index in [1.165, 1.54) is 21.3 Å². The summed E-state index contributed by atoms with van der Waals surface area (Å²) in [5.74, 6) is 0.196. The zero-order valence-electron chi connectivity index (χ0n) is 11.7. The molecule has 0 saturated carbocycles. The second-order valence-corrected chi connectivity index (χ2v) is 3.95. The van der Waals surface area contributed by atoms with Gasteiger partial charge in [-0.2, -0.15) is 0 Å². The van der Waals surface area contributed by atoms with Crippen molar-refractivity contribution in [1.29, 1.82) is 0 Å². The Morgan fingerprint density at radius 3 is 2.29 bits per heavy atom. The number of benzene rings is 1. The maximum atomic E-state index is 10.7. The Morgan fingerprint density at radius 1 is 1.19 bits per heavy atom. The van der Waals surface area contributed by atoms with Crippen LogP contribution in [-0.4, -0.2) is 47.5 Å². The number of tetrazole rings is 1. The van der Waals surface area contributed by atoms with E-state index in [-0.39, 0.29) is 5.82 Å². The Hall–Kier alpha value is -2.84. The van der Waals surface area contributed by atoms with E-state index < -0.39 is 12.5 Å². The Morgan fingerprint density at radius 2 is 1.81 bits per heavy atom. The minimum Gasteiger partial charge on any atom is -0.548 e. The van der Waals surface area contributed by atoms with Gasteiger partial charge in [-0.3, -0.25) is 0 Å². The number of aromatic nitrogens is 4. The fourth-order valence-electron chi connectivity index (χ4n) is 1.85. The maximum absolute atomic E-state index is 10.7. The smallest absolute Gasteiger partial charge is 0.203 e. The summed E-state index contributed by atoms with van der Waals surface area (Å²) >= 11 is 0.